The van der Waals surface area contributed by atoms with Crippen molar-refractivity contribution in [1.29, 1.82) is 0 Å². The average Bonchev–Trinajstić information content (AvgIpc) is 2.91. The predicted molar refractivity (Wildman–Crippen MR) is 82.7 cm³/mol. The minimum Gasteiger partial charge on any atom is -0.459 e. The highest BCUT2D eigenvalue weighted by Crippen LogP contribution is 2.26. The minimum absolute atomic E-state index is 0.0569. The fourth-order valence-electron chi connectivity index (χ4n) is 2.25. The number of hydrogen-bond acceptors (Lipinski definition) is 4. The molecule has 0 aromatic heterocycles. The molecule has 0 radical (unpaired) electrons. The summed E-state index contributed by atoms with van der Waals surface area (Å²) >= 11 is 3.27. The highest BCUT2D eigenvalue weighted by molar-refractivity contribution is 9.10. The molecule has 0 heterocycles. The molecule has 5 nitrogen and oxygen atoms in total. The largest absolute Gasteiger partial charge is 0.459 e. The van der Waals surface area contributed by atoms with E-state index in [1.807, 2.05) is 0 Å². The van der Waals surface area contributed by atoms with Gasteiger partial charge in [-0.2, -0.15) is 0 Å². The van der Waals surface area contributed by atoms with Crippen LogP contribution in [0.3, 0.4) is 0 Å². The van der Waals surface area contributed by atoms with Gasteiger partial charge < -0.3 is 4.74 Å². The summed E-state index contributed by atoms with van der Waals surface area (Å²) in [5, 5.41) is 0. The molecule has 0 unspecified atom stereocenters. The van der Waals surface area contributed by atoms with Crippen molar-refractivity contribution >= 4 is 31.9 Å². The molecule has 0 spiro atoms. The van der Waals surface area contributed by atoms with E-state index in [0.717, 1.165) is 30.0 Å². The smallest absolute Gasteiger partial charge is 0.339 e. The van der Waals surface area contributed by atoms with Gasteiger partial charge in [0, 0.05) is 18.6 Å². The molecule has 0 N–H and O–H groups in total. The van der Waals surface area contributed by atoms with Crippen LogP contribution < -0.4 is 0 Å². The van der Waals surface area contributed by atoms with Gasteiger partial charge in [0.25, 0.3) is 0 Å². The van der Waals surface area contributed by atoms with E-state index in [1.165, 1.54) is 26.2 Å². The number of sulfonamides is 1. The third-order valence-electron chi connectivity index (χ3n) is 3.51. The molecule has 7 heteroatoms. The van der Waals surface area contributed by atoms with Crippen molar-refractivity contribution in [2.45, 2.75) is 36.7 Å². The lowest BCUT2D eigenvalue weighted by molar-refractivity contribution is 0.0316. The van der Waals surface area contributed by atoms with E-state index in [1.54, 1.807) is 6.07 Å². The maximum atomic E-state index is 12.2. The van der Waals surface area contributed by atoms with Gasteiger partial charge in [0.1, 0.15) is 6.10 Å². The zero-order chi connectivity index (χ0) is 15.6. The van der Waals surface area contributed by atoms with Crippen molar-refractivity contribution in [1.82, 2.24) is 4.31 Å². The Morgan fingerprint density at radius 1 is 1.29 bits per heavy atom. The first-order chi connectivity index (χ1) is 9.82. The van der Waals surface area contributed by atoms with Gasteiger partial charge in [0.2, 0.25) is 10.0 Å². The number of rotatable bonds is 4. The molecule has 1 saturated carbocycles. The van der Waals surface area contributed by atoms with Crippen LogP contribution in [0.1, 0.15) is 36.0 Å². The molecule has 1 fully saturated rings. The summed E-state index contributed by atoms with van der Waals surface area (Å²) in [5.41, 5.74) is 0.241. The highest BCUT2D eigenvalue weighted by atomic mass is 79.9. The molecule has 1 aromatic carbocycles. The summed E-state index contributed by atoms with van der Waals surface area (Å²) in [4.78, 5) is 12.3. The molecule has 0 amide bonds. The highest BCUT2D eigenvalue weighted by Gasteiger charge is 2.24. The fraction of sp³-hybridized carbons (Fsp3) is 0.500. The third kappa shape index (κ3) is 3.64. The van der Waals surface area contributed by atoms with Crippen molar-refractivity contribution in [2.24, 2.45) is 0 Å². The van der Waals surface area contributed by atoms with Gasteiger partial charge in [-0.1, -0.05) is 0 Å². The molecular formula is C14H18BrNO4S. The summed E-state index contributed by atoms with van der Waals surface area (Å²) in [5.74, 6) is -0.482. The van der Waals surface area contributed by atoms with Crippen LogP contribution in [-0.2, 0) is 14.8 Å². The Bertz CT molecular complexity index is 636. The Hall–Kier alpha value is -0.920. The van der Waals surface area contributed by atoms with E-state index >= 15 is 0 Å². The van der Waals surface area contributed by atoms with Gasteiger partial charge in [0.05, 0.1) is 10.5 Å². The maximum absolute atomic E-state index is 12.2. The Labute approximate surface area is 133 Å². The first kappa shape index (κ1) is 16.5. The van der Waals surface area contributed by atoms with Crippen LogP contribution in [-0.4, -0.2) is 38.9 Å². The van der Waals surface area contributed by atoms with E-state index in [9.17, 15) is 13.2 Å². The Balaban J connectivity index is 2.29. The summed E-state index contributed by atoms with van der Waals surface area (Å²) in [6, 6.07) is 4.38. The molecule has 116 valence electrons. The topological polar surface area (TPSA) is 63.7 Å². The van der Waals surface area contributed by atoms with Gasteiger partial charge in [-0.15, -0.1) is 0 Å². The van der Waals surface area contributed by atoms with Crippen molar-refractivity contribution < 1.29 is 17.9 Å². The Morgan fingerprint density at radius 3 is 2.48 bits per heavy atom. The number of hydrogen-bond donors (Lipinski definition) is 0. The van der Waals surface area contributed by atoms with Gasteiger partial charge in [0.15, 0.2) is 0 Å². The van der Waals surface area contributed by atoms with E-state index < -0.39 is 16.0 Å². The fourth-order valence-corrected chi connectivity index (χ4v) is 3.59. The molecule has 0 bridgehead atoms. The van der Waals surface area contributed by atoms with Crippen molar-refractivity contribution in [3.05, 3.63) is 28.2 Å². The van der Waals surface area contributed by atoms with Gasteiger partial charge in [-0.05, 0) is 59.8 Å². The quantitative estimate of drug-likeness (QED) is 0.759. The first-order valence-electron chi connectivity index (χ1n) is 6.75. The van der Waals surface area contributed by atoms with E-state index in [0.29, 0.717) is 4.47 Å². The van der Waals surface area contributed by atoms with Gasteiger partial charge in [-0.3, -0.25) is 0 Å². The normalized spacial score (nSPS) is 16.4. The second-order valence-corrected chi connectivity index (χ2v) is 8.25. The molecule has 0 atom stereocenters. The molecule has 1 aromatic rings. The zero-order valence-electron chi connectivity index (χ0n) is 12.0. The molecule has 0 saturated heterocycles. The molecule has 21 heavy (non-hydrogen) atoms. The molecule has 1 aliphatic carbocycles. The van der Waals surface area contributed by atoms with Crippen LogP contribution in [0, 0.1) is 0 Å². The van der Waals surface area contributed by atoms with Gasteiger partial charge in [-0.25, -0.2) is 17.5 Å². The second-order valence-electron chi connectivity index (χ2n) is 5.24. The predicted octanol–water partition coefficient (Wildman–Crippen LogP) is 2.80. The lowest BCUT2D eigenvalue weighted by Gasteiger charge is -2.15. The van der Waals surface area contributed by atoms with Crippen molar-refractivity contribution in [2.75, 3.05) is 14.1 Å². The number of benzene rings is 1. The van der Waals surface area contributed by atoms with Crippen LogP contribution in [0.4, 0.5) is 0 Å². The molecular weight excluding hydrogens is 358 g/mol. The molecule has 0 aliphatic heterocycles. The van der Waals surface area contributed by atoms with Crippen LogP contribution in [0.25, 0.3) is 0 Å². The molecule has 2 rings (SSSR count). The zero-order valence-corrected chi connectivity index (χ0v) is 14.4. The third-order valence-corrected chi connectivity index (χ3v) is 6.01. The summed E-state index contributed by atoms with van der Waals surface area (Å²) in [7, 11) is -0.668. The summed E-state index contributed by atoms with van der Waals surface area (Å²) < 4.78 is 31.3. The Kier molecular flexibility index (Phi) is 5.06. The van der Waals surface area contributed by atoms with Crippen molar-refractivity contribution in [3.63, 3.8) is 0 Å². The van der Waals surface area contributed by atoms with Gasteiger partial charge >= 0.3 is 5.97 Å². The van der Waals surface area contributed by atoms with E-state index in [4.69, 9.17) is 4.74 Å². The van der Waals surface area contributed by atoms with Crippen LogP contribution in [0.5, 0.6) is 0 Å². The maximum Gasteiger partial charge on any atom is 0.339 e. The summed E-state index contributed by atoms with van der Waals surface area (Å²) in [6.07, 6.45) is 3.82. The molecule has 1 aliphatic rings. The standard InChI is InChI=1S/C14H18BrNO4S/c1-16(2)21(18,19)11-7-8-13(15)12(9-11)14(17)20-10-5-3-4-6-10/h7-10H,3-6H2,1-2H3. The lowest BCUT2D eigenvalue weighted by Crippen LogP contribution is -2.23. The van der Waals surface area contributed by atoms with Crippen LogP contribution in [0.15, 0.2) is 27.6 Å². The number of ether oxygens (including phenoxy) is 1. The minimum atomic E-state index is -3.57. The number of carbonyl (C=O) groups excluding carboxylic acids is 1. The number of esters is 1. The lowest BCUT2D eigenvalue weighted by atomic mass is 10.2. The van der Waals surface area contributed by atoms with Crippen LogP contribution >= 0.6 is 15.9 Å². The van der Waals surface area contributed by atoms with E-state index in [-0.39, 0.29) is 16.6 Å². The number of carbonyl (C=O) groups is 1. The Morgan fingerprint density at radius 2 is 1.90 bits per heavy atom. The second kappa shape index (κ2) is 6.46. The van der Waals surface area contributed by atoms with Crippen LogP contribution in [0.2, 0.25) is 0 Å². The monoisotopic (exact) mass is 375 g/mol. The summed E-state index contributed by atoms with van der Waals surface area (Å²) in [6.45, 7) is 0. The average molecular weight is 376 g/mol. The first-order valence-corrected chi connectivity index (χ1v) is 8.98. The SMILES string of the molecule is CN(C)S(=O)(=O)c1ccc(Br)c(C(=O)OC2CCCC2)c1. The number of nitrogens with zero attached hydrogens (tertiary/aromatic N) is 1. The number of halogens is 1. The van der Waals surface area contributed by atoms with E-state index in [2.05, 4.69) is 15.9 Å². The van der Waals surface area contributed by atoms with Crippen molar-refractivity contribution in [3.8, 4) is 0 Å².